The molecule has 0 radical (unpaired) electrons. The van der Waals surface area contributed by atoms with E-state index in [4.69, 9.17) is 9.26 Å². The number of para-hydroxylation sites is 1. The zero-order chi connectivity index (χ0) is 19.6. The third-order valence-electron chi connectivity index (χ3n) is 5.71. The Hall–Kier alpha value is -2.60. The predicted octanol–water partition coefficient (Wildman–Crippen LogP) is 4.70. The van der Waals surface area contributed by atoms with Gasteiger partial charge in [0.1, 0.15) is 12.4 Å². The quantitative estimate of drug-likeness (QED) is 0.629. The fourth-order valence-electron chi connectivity index (χ4n) is 3.69. The maximum Gasteiger partial charge on any atom is 0.261 e. The molecule has 0 saturated heterocycles. The van der Waals surface area contributed by atoms with Gasteiger partial charge in [-0.2, -0.15) is 0 Å². The Kier molecular flexibility index (Phi) is 5.22. The molecule has 146 valence electrons. The zero-order valence-corrected chi connectivity index (χ0v) is 16.9. The third kappa shape index (κ3) is 3.97. The minimum absolute atomic E-state index is 0.0204. The predicted molar refractivity (Wildman–Crippen MR) is 108 cm³/mol. The molecule has 0 bridgehead atoms. The highest BCUT2D eigenvalue weighted by Gasteiger charge is 2.48. The molecule has 1 N–H and O–H groups in total. The SMILES string of the molecule is CC1(C)C(Cc2cc(COc3ccccc3)on2)CC1NC(=O)c1cccs1. The van der Waals surface area contributed by atoms with Gasteiger partial charge >= 0.3 is 0 Å². The van der Waals surface area contributed by atoms with E-state index in [9.17, 15) is 4.79 Å². The molecule has 1 saturated carbocycles. The molecule has 1 aromatic carbocycles. The number of nitrogens with zero attached hydrogens (tertiary/aromatic N) is 1. The molecule has 4 rings (SSSR count). The average Bonchev–Trinajstić information content (AvgIpc) is 3.38. The molecule has 1 aliphatic rings. The van der Waals surface area contributed by atoms with Crippen molar-refractivity contribution in [3.8, 4) is 5.75 Å². The molecule has 0 aliphatic heterocycles. The van der Waals surface area contributed by atoms with Crippen LogP contribution in [-0.2, 0) is 13.0 Å². The Morgan fingerprint density at radius 1 is 1.29 bits per heavy atom. The number of carbonyl (C=O) groups is 1. The van der Waals surface area contributed by atoms with E-state index in [-0.39, 0.29) is 17.4 Å². The van der Waals surface area contributed by atoms with Gasteiger partial charge in [-0.25, -0.2) is 0 Å². The maximum absolute atomic E-state index is 12.3. The fraction of sp³-hybridized carbons (Fsp3) is 0.364. The third-order valence-corrected chi connectivity index (χ3v) is 6.58. The highest BCUT2D eigenvalue weighted by Crippen LogP contribution is 2.47. The van der Waals surface area contributed by atoms with Crippen molar-refractivity contribution in [1.29, 1.82) is 0 Å². The number of thiophene rings is 1. The first-order valence-corrected chi connectivity index (χ1v) is 10.4. The van der Waals surface area contributed by atoms with Gasteiger partial charge in [-0.15, -0.1) is 11.3 Å². The second kappa shape index (κ2) is 7.80. The summed E-state index contributed by atoms with van der Waals surface area (Å²) in [6.07, 6.45) is 1.79. The van der Waals surface area contributed by atoms with Gasteiger partial charge in [0.2, 0.25) is 0 Å². The summed E-state index contributed by atoms with van der Waals surface area (Å²) < 4.78 is 11.1. The summed E-state index contributed by atoms with van der Waals surface area (Å²) in [5, 5.41) is 9.30. The van der Waals surface area contributed by atoms with Crippen LogP contribution in [0.2, 0.25) is 0 Å². The summed E-state index contributed by atoms with van der Waals surface area (Å²) in [6, 6.07) is 15.6. The summed E-state index contributed by atoms with van der Waals surface area (Å²) in [5.74, 6) is 2.01. The first-order chi connectivity index (χ1) is 13.5. The lowest BCUT2D eigenvalue weighted by molar-refractivity contribution is 0.0139. The molecule has 1 aliphatic carbocycles. The molecule has 28 heavy (non-hydrogen) atoms. The van der Waals surface area contributed by atoms with Gasteiger partial charge in [0.05, 0.1) is 10.6 Å². The number of aromatic nitrogens is 1. The second-order valence-electron chi connectivity index (χ2n) is 7.85. The first-order valence-electron chi connectivity index (χ1n) is 9.49. The lowest BCUT2D eigenvalue weighted by atomic mass is 9.57. The van der Waals surface area contributed by atoms with Crippen LogP contribution in [0.1, 0.15) is 41.4 Å². The van der Waals surface area contributed by atoms with Crippen molar-refractivity contribution in [2.45, 2.75) is 39.3 Å². The lowest BCUT2D eigenvalue weighted by Gasteiger charge is -2.52. The van der Waals surface area contributed by atoms with Crippen molar-refractivity contribution in [1.82, 2.24) is 10.5 Å². The van der Waals surface area contributed by atoms with E-state index in [0.717, 1.165) is 34.9 Å². The molecule has 2 aromatic heterocycles. The van der Waals surface area contributed by atoms with Gasteiger partial charge in [0, 0.05) is 12.1 Å². The molecule has 6 heteroatoms. The normalized spacial score (nSPS) is 20.4. The Balaban J connectivity index is 1.29. The van der Waals surface area contributed by atoms with Gasteiger partial charge in [-0.05, 0) is 47.8 Å². The molecule has 1 amide bonds. The fourth-order valence-corrected chi connectivity index (χ4v) is 4.31. The summed E-state index contributed by atoms with van der Waals surface area (Å²) in [5.41, 5.74) is 0.958. The summed E-state index contributed by atoms with van der Waals surface area (Å²) in [7, 11) is 0. The van der Waals surface area contributed by atoms with E-state index < -0.39 is 0 Å². The molecular formula is C22H24N2O3S. The number of hydrogen-bond acceptors (Lipinski definition) is 5. The second-order valence-corrected chi connectivity index (χ2v) is 8.80. The smallest absolute Gasteiger partial charge is 0.261 e. The van der Waals surface area contributed by atoms with E-state index in [1.165, 1.54) is 11.3 Å². The molecule has 2 atom stereocenters. The first kappa shape index (κ1) is 18.7. The highest BCUT2D eigenvalue weighted by atomic mass is 32.1. The number of benzene rings is 1. The van der Waals surface area contributed by atoms with Crippen LogP contribution in [0.15, 0.2) is 58.4 Å². The van der Waals surface area contributed by atoms with Crippen LogP contribution in [0, 0.1) is 11.3 Å². The number of rotatable bonds is 7. The van der Waals surface area contributed by atoms with Crippen molar-refractivity contribution >= 4 is 17.2 Å². The summed E-state index contributed by atoms with van der Waals surface area (Å²) in [6.45, 7) is 4.78. The maximum atomic E-state index is 12.3. The topological polar surface area (TPSA) is 64.4 Å². The summed E-state index contributed by atoms with van der Waals surface area (Å²) >= 11 is 1.47. The summed E-state index contributed by atoms with van der Waals surface area (Å²) in [4.78, 5) is 13.1. The van der Waals surface area contributed by atoms with E-state index in [0.29, 0.717) is 12.5 Å². The number of hydrogen-bond donors (Lipinski definition) is 1. The molecular weight excluding hydrogens is 372 g/mol. The average molecular weight is 397 g/mol. The molecule has 3 aromatic rings. The lowest BCUT2D eigenvalue weighted by Crippen LogP contribution is -2.58. The van der Waals surface area contributed by atoms with Gasteiger partial charge in [-0.3, -0.25) is 4.79 Å². The minimum Gasteiger partial charge on any atom is -0.486 e. The van der Waals surface area contributed by atoms with Crippen molar-refractivity contribution in [3.63, 3.8) is 0 Å². The Morgan fingerprint density at radius 2 is 2.11 bits per heavy atom. The molecule has 1 fully saturated rings. The van der Waals surface area contributed by atoms with Gasteiger partial charge < -0.3 is 14.6 Å². The number of carbonyl (C=O) groups excluding carboxylic acids is 1. The van der Waals surface area contributed by atoms with Crippen LogP contribution in [0.3, 0.4) is 0 Å². The number of amides is 1. The number of nitrogens with one attached hydrogen (secondary N) is 1. The van der Waals surface area contributed by atoms with Crippen molar-refractivity contribution in [2.75, 3.05) is 0 Å². The zero-order valence-electron chi connectivity index (χ0n) is 16.1. The Morgan fingerprint density at radius 3 is 2.82 bits per heavy atom. The Bertz CT molecular complexity index is 918. The minimum atomic E-state index is 0.0204. The standard InChI is InChI=1S/C22H24N2O3S/c1-22(2)15(12-20(22)23-21(25)19-9-6-10-28-19)11-16-13-18(27-24-16)14-26-17-7-4-3-5-8-17/h3-10,13,15,20H,11-12,14H2,1-2H3,(H,23,25). The van der Waals surface area contributed by atoms with E-state index in [1.807, 2.05) is 53.9 Å². The monoisotopic (exact) mass is 396 g/mol. The van der Waals surface area contributed by atoms with Gasteiger partial charge in [0.25, 0.3) is 5.91 Å². The Labute approximate surface area is 168 Å². The van der Waals surface area contributed by atoms with E-state index in [2.05, 4.69) is 24.3 Å². The van der Waals surface area contributed by atoms with Gasteiger partial charge in [-0.1, -0.05) is 43.3 Å². The van der Waals surface area contributed by atoms with Crippen LogP contribution in [0.4, 0.5) is 0 Å². The van der Waals surface area contributed by atoms with Crippen LogP contribution < -0.4 is 10.1 Å². The molecule has 2 unspecified atom stereocenters. The van der Waals surface area contributed by atoms with E-state index in [1.54, 1.807) is 0 Å². The van der Waals surface area contributed by atoms with Crippen molar-refractivity contribution < 1.29 is 14.1 Å². The molecule has 0 spiro atoms. The molecule has 2 heterocycles. The largest absolute Gasteiger partial charge is 0.486 e. The number of ether oxygens (including phenoxy) is 1. The van der Waals surface area contributed by atoms with Gasteiger partial charge in [0.15, 0.2) is 5.76 Å². The van der Waals surface area contributed by atoms with Crippen LogP contribution in [0.25, 0.3) is 0 Å². The highest BCUT2D eigenvalue weighted by molar-refractivity contribution is 7.12. The van der Waals surface area contributed by atoms with Crippen LogP contribution in [0.5, 0.6) is 5.75 Å². The van der Waals surface area contributed by atoms with Crippen LogP contribution >= 0.6 is 11.3 Å². The van der Waals surface area contributed by atoms with Crippen LogP contribution in [-0.4, -0.2) is 17.1 Å². The van der Waals surface area contributed by atoms with Crippen molar-refractivity contribution in [3.05, 3.63) is 70.2 Å². The molecule has 5 nitrogen and oxygen atoms in total. The van der Waals surface area contributed by atoms with Crippen molar-refractivity contribution in [2.24, 2.45) is 11.3 Å². The van der Waals surface area contributed by atoms with E-state index >= 15 is 0 Å².